The van der Waals surface area contributed by atoms with E-state index in [4.69, 9.17) is 9.47 Å². The first-order chi connectivity index (χ1) is 9.11. The number of rotatable bonds is 2. The second-order valence-electron chi connectivity index (χ2n) is 4.24. The van der Waals surface area contributed by atoms with Crippen LogP contribution in [0.2, 0.25) is 0 Å². The average Bonchev–Trinajstić information content (AvgIpc) is 2.51. The molecule has 1 aromatic carbocycles. The maximum atomic E-state index is 13.2. The van der Waals surface area contributed by atoms with Gasteiger partial charge < -0.3 is 19.9 Å². The molecule has 1 aliphatic rings. The Morgan fingerprint density at radius 2 is 2.42 bits per heavy atom. The molecule has 0 bridgehead atoms. The fourth-order valence-corrected chi connectivity index (χ4v) is 2.03. The molecule has 1 aromatic rings. The first-order valence-electron chi connectivity index (χ1n) is 6.15. The third-order valence-corrected chi connectivity index (χ3v) is 2.94. The van der Waals surface area contributed by atoms with Gasteiger partial charge in [-0.05, 0) is 25.1 Å². The quantitative estimate of drug-likeness (QED) is 0.858. The normalized spacial score (nSPS) is 21.8. The lowest BCUT2D eigenvalue weighted by molar-refractivity contribution is 0.105. The molecule has 2 unspecified atom stereocenters. The van der Waals surface area contributed by atoms with E-state index in [2.05, 4.69) is 5.32 Å². The van der Waals surface area contributed by atoms with Crippen LogP contribution in [-0.2, 0) is 4.74 Å². The van der Waals surface area contributed by atoms with Crippen molar-refractivity contribution in [1.29, 1.82) is 0 Å². The molecule has 0 aliphatic carbocycles. The second-order valence-corrected chi connectivity index (χ2v) is 4.24. The van der Waals surface area contributed by atoms with Gasteiger partial charge in [0.05, 0.1) is 19.3 Å². The molecule has 104 valence electrons. The Bertz CT molecular complexity index is 466. The van der Waals surface area contributed by atoms with E-state index in [1.165, 1.54) is 18.2 Å². The summed E-state index contributed by atoms with van der Waals surface area (Å²) in [7, 11) is 0. The van der Waals surface area contributed by atoms with E-state index >= 15 is 0 Å². The minimum Gasteiger partial charge on any atom is -0.493 e. The molecule has 0 saturated heterocycles. The number of alkyl carbamates (subject to hydrolysis) is 1. The number of nitrogens with one attached hydrogen (secondary N) is 1. The van der Waals surface area contributed by atoms with Crippen LogP contribution in [0.5, 0.6) is 5.75 Å². The number of benzene rings is 1. The first kappa shape index (κ1) is 13.6. The fourth-order valence-electron chi connectivity index (χ4n) is 2.03. The fraction of sp³-hybridized carbons (Fsp3) is 0.462. The molecule has 0 spiro atoms. The van der Waals surface area contributed by atoms with Crippen LogP contribution in [0.15, 0.2) is 18.2 Å². The number of aliphatic hydroxyl groups excluding tert-OH is 1. The van der Waals surface area contributed by atoms with Crippen LogP contribution in [0.4, 0.5) is 9.18 Å². The molecule has 0 fully saturated rings. The molecular weight excluding hydrogens is 253 g/mol. The maximum absolute atomic E-state index is 13.2. The molecule has 0 saturated carbocycles. The van der Waals surface area contributed by atoms with Crippen LogP contribution in [0.3, 0.4) is 0 Å². The minimum absolute atomic E-state index is 0.246. The summed E-state index contributed by atoms with van der Waals surface area (Å²) in [6.07, 6.45) is -1.22. The number of carbonyl (C=O) groups excluding carboxylic acids is 1. The molecule has 2 N–H and O–H groups in total. The van der Waals surface area contributed by atoms with Gasteiger partial charge in [-0.1, -0.05) is 0 Å². The Kier molecular flexibility index (Phi) is 4.21. The van der Waals surface area contributed by atoms with Crippen molar-refractivity contribution in [3.63, 3.8) is 0 Å². The SMILES string of the molecule is CCOC(=O)NC1CCOc2ccc(F)cc2C1O. The summed E-state index contributed by atoms with van der Waals surface area (Å²) >= 11 is 0. The Morgan fingerprint density at radius 1 is 1.63 bits per heavy atom. The van der Waals surface area contributed by atoms with Gasteiger partial charge in [-0.25, -0.2) is 9.18 Å². The van der Waals surface area contributed by atoms with Crippen LogP contribution in [0, 0.1) is 5.82 Å². The molecule has 2 atom stereocenters. The number of amides is 1. The Labute approximate surface area is 110 Å². The standard InChI is InChI=1S/C13H16FNO4/c1-2-18-13(17)15-10-5-6-19-11-4-3-8(14)7-9(11)12(10)16/h3-4,7,10,12,16H,2,5-6H2,1H3,(H,15,17). The summed E-state index contributed by atoms with van der Waals surface area (Å²) < 4.78 is 23.4. The lowest BCUT2D eigenvalue weighted by atomic mass is 10.0. The second kappa shape index (κ2) is 5.88. The Hall–Kier alpha value is -1.82. The number of aliphatic hydroxyl groups is 1. The van der Waals surface area contributed by atoms with Gasteiger partial charge in [0.25, 0.3) is 0 Å². The lowest BCUT2D eigenvalue weighted by Crippen LogP contribution is -2.39. The third kappa shape index (κ3) is 3.14. The maximum Gasteiger partial charge on any atom is 0.407 e. The van der Waals surface area contributed by atoms with Crippen LogP contribution in [0.25, 0.3) is 0 Å². The van der Waals surface area contributed by atoms with E-state index in [1.54, 1.807) is 6.92 Å². The minimum atomic E-state index is -1.03. The largest absolute Gasteiger partial charge is 0.493 e. The van der Waals surface area contributed by atoms with E-state index in [9.17, 15) is 14.3 Å². The highest BCUT2D eigenvalue weighted by atomic mass is 19.1. The molecule has 5 nitrogen and oxygen atoms in total. The van der Waals surface area contributed by atoms with Crippen molar-refractivity contribution >= 4 is 6.09 Å². The highest BCUT2D eigenvalue weighted by molar-refractivity contribution is 5.67. The summed E-state index contributed by atoms with van der Waals surface area (Å²) in [5.41, 5.74) is 0.333. The topological polar surface area (TPSA) is 67.8 Å². The molecule has 1 aliphatic heterocycles. The van der Waals surface area contributed by atoms with Crippen molar-refractivity contribution in [3.8, 4) is 5.75 Å². The van der Waals surface area contributed by atoms with Crippen molar-refractivity contribution in [2.45, 2.75) is 25.5 Å². The number of ether oxygens (including phenoxy) is 2. The smallest absolute Gasteiger partial charge is 0.407 e. The average molecular weight is 269 g/mol. The van der Waals surface area contributed by atoms with Gasteiger partial charge in [-0.3, -0.25) is 0 Å². The predicted molar refractivity (Wildman–Crippen MR) is 65.4 cm³/mol. The third-order valence-electron chi connectivity index (χ3n) is 2.94. The zero-order valence-corrected chi connectivity index (χ0v) is 10.6. The number of fused-ring (bicyclic) bond motifs is 1. The zero-order chi connectivity index (χ0) is 13.8. The van der Waals surface area contributed by atoms with Gasteiger partial charge >= 0.3 is 6.09 Å². The lowest BCUT2D eigenvalue weighted by Gasteiger charge is -2.21. The Morgan fingerprint density at radius 3 is 3.16 bits per heavy atom. The molecule has 2 rings (SSSR count). The van der Waals surface area contributed by atoms with E-state index in [0.29, 0.717) is 24.3 Å². The summed E-state index contributed by atoms with van der Waals surface area (Å²) in [4.78, 5) is 11.4. The van der Waals surface area contributed by atoms with E-state index in [-0.39, 0.29) is 6.61 Å². The summed E-state index contributed by atoms with van der Waals surface area (Å²) in [6.45, 7) is 2.26. The van der Waals surface area contributed by atoms with Crippen LogP contribution < -0.4 is 10.1 Å². The first-order valence-corrected chi connectivity index (χ1v) is 6.15. The van der Waals surface area contributed by atoms with E-state index in [1.807, 2.05) is 0 Å². The highest BCUT2D eigenvalue weighted by Gasteiger charge is 2.29. The van der Waals surface area contributed by atoms with Crippen molar-refractivity contribution < 1.29 is 23.8 Å². The summed E-state index contributed by atoms with van der Waals surface area (Å²) in [6, 6.07) is 3.39. The monoisotopic (exact) mass is 269 g/mol. The van der Waals surface area contributed by atoms with Gasteiger partial charge in [-0.2, -0.15) is 0 Å². The summed E-state index contributed by atoms with van der Waals surface area (Å²) in [5.74, 6) is -0.0276. The van der Waals surface area contributed by atoms with Gasteiger partial charge in [0.1, 0.15) is 17.7 Å². The number of halogens is 1. The van der Waals surface area contributed by atoms with E-state index in [0.717, 1.165) is 0 Å². The Balaban J connectivity index is 2.18. The molecule has 6 heteroatoms. The number of hydrogen-bond donors (Lipinski definition) is 2. The van der Waals surface area contributed by atoms with Gasteiger partial charge in [0.2, 0.25) is 0 Å². The van der Waals surface area contributed by atoms with Crippen molar-refractivity contribution in [3.05, 3.63) is 29.6 Å². The van der Waals surface area contributed by atoms with Crippen LogP contribution in [0.1, 0.15) is 25.0 Å². The molecule has 19 heavy (non-hydrogen) atoms. The zero-order valence-electron chi connectivity index (χ0n) is 10.6. The number of hydrogen-bond acceptors (Lipinski definition) is 4. The summed E-state index contributed by atoms with van der Waals surface area (Å²) in [5, 5.41) is 12.8. The molecule has 0 radical (unpaired) electrons. The van der Waals surface area contributed by atoms with Crippen molar-refractivity contribution in [2.24, 2.45) is 0 Å². The van der Waals surface area contributed by atoms with Crippen molar-refractivity contribution in [1.82, 2.24) is 5.32 Å². The molecule has 0 aromatic heterocycles. The van der Waals surface area contributed by atoms with Gasteiger partial charge in [-0.15, -0.1) is 0 Å². The van der Waals surface area contributed by atoms with Gasteiger partial charge in [0, 0.05) is 12.0 Å². The predicted octanol–water partition coefficient (Wildman–Crippen LogP) is 1.76. The molecular formula is C13H16FNO4. The number of carbonyl (C=O) groups is 1. The highest BCUT2D eigenvalue weighted by Crippen LogP contribution is 2.32. The van der Waals surface area contributed by atoms with Crippen molar-refractivity contribution in [2.75, 3.05) is 13.2 Å². The molecule has 1 amide bonds. The molecule has 1 heterocycles. The van der Waals surface area contributed by atoms with Crippen LogP contribution >= 0.6 is 0 Å². The van der Waals surface area contributed by atoms with E-state index < -0.39 is 24.1 Å². The van der Waals surface area contributed by atoms with Gasteiger partial charge in [0.15, 0.2) is 0 Å². The van der Waals surface area contributed by atoms with Crippen LogP contribution in [-0.4, -0.2) is 30.5 Å².